The number of aryl methyl sites for hydroxylation is 2. The SMILES string of the molecule is Cc1cc(C)cc(COC(=O)c2ccccc2N(C)S(C)(=O)=O)c1. The van der Waals surface area contributed by atoms with Crippen LogP contribution in [0.4, 0.5) is 5.69 Å². The summed E-state index contributed by atoms with van der Waals surface area (Å²) in [7, 11) is -2.06. The molecule has 0 fully saturated rings. The number of rotatable bonds is 5. The summed E-state index contributed by atoms with van der Waals surface area (Å²) in [6.07, 6.45) is 1.09. The predicted molar refractivity (Wildman–Crippen MR) is 94.7 cm³/mol. The van der Waals surface area contributed by atoms with E-state index < -0.39 is 16.0 Å². The monoisotopic (exact) mass is 347 g/mol. The largest absolute Gasteiger partial charge is 0.457 e. The molecule has 6 heteroatoms. The molecule has 0 unspecified atom stereocenters. The van der Waals surface area contributed by atoms with Gasteiger partial charge in [0.1, 0.15) is 6.61 Å². The van der Waals surface area contributed by atoms with Crippen molar-refractivity contribution < 1.29 is 17.9 Å². The van der Waals surface area contributed by atoms with Crippen LogP contribution in [0.5, 0.6) is 0 Å². The van der Waals surface area contributed by atoms with Crippen molar-refractivity contribution in [2.75, 3.05) is 17.6 Å². The Bertz CT molecular complexity index is 839. The van der Waals surface area contributed by atoms with E-state index in [2.05, 4.69) is 0 Å². The standard InChI is InChI=1S/C18H21NO4S/c1-13-9-14(2)11-15(10-13)12-23-18(20)16-7-5-6-8-17(16)19(3)24(4,21)22/h5-11H,12H2,1-4H3. The minimum atomic E-state index is -3.46. The van der Waals surface area contributed by atoms with Gasteiger partial charge in [-0.3, -0.25) is 4.31 Å². The lowest BCUT2D eigenvalue weighted by molar-refractivity contribution is 0.0473. The Balaban J connectivity index is 2.21. The number of esters is 1. The van der Waals surface area contributed by atoms with E-state index >= 15 is 0 Å². The molecule has 0 saturated heterocycles. The van der Waals surface area contributed by atoms with Crippen LogP contribution in [0, 0.1) is 13.8 Å². The number of anilines is 1. The predicted octanol–water partition coefficient (Wildman–Crippen LogP) is 3.06. The molecule has 0 N–H and O–H groups in total. The van der Waals surface area contributed by atoms with Crippen molar-refractivity contribution in [1.82, 2.24) is 0 Å². The molecule has 0 radical (unpaired) electrons. The zero-order chi connectivity index (χ0) is 17.9. The summed E-state index contributed by atoms with van der Waals surface area (Å²) in [6, 6.07) is 12.4. The molecule has 2 rings (SSSR count). The number of sulfonamides is 1. The van der Waals surface area contributed by atoms with E-state index in [4.69, 9.17) is 4.74 Å². The second-order valence-electron chi connectivity index (χ2n) is 5.82. The van der Waals surface area contributed by atoms with Crippen LogP contribution in [0.3, 0.4) is 0 Å². The van der Waals surface area contributed by atoms with Crippen molar-refractivity contribution >= 4 is 21.7 Å². The van der Waals surface area contributed by atoms with Gasteiger partial charge in [0.25, 0.3) is 0 Å². The van der Waals surface area contributed by atoms with E-state index in [1.807, 2.05) is 32.0 Å². The van der Waals surface area contributed by atoms with E-state index in [1.54, 1.807) is 24.3 Å². The molecule has 0 aromatic heterocycles. The summed E-state index contributed by atoms with van der Waals surface area (Å²) in [5.74, 6) is -0.555. The first kappa shape index (κ1) is 18.0. The van der Waals surface area contributed by atoms with Crippen LogP contribution in [0.2, 0.25) is 0 Å². The second-order valence-corrected chi connectivity index (χ2v) is 7.83. The summed E-state index contributed by atoms with van der Waals surface area (Å²) >= 11 is 0. The highest BCUT2D eigenvalue weighted by molar-refractivity contribution is 7.92. The number of hydrogen-bond donors (Lipinski definition) is 0. The molecule has 0 atom stereocenters. The van der Waals surface area contributed by atoms with Gasteiger partial charge in [-0.1, -0.05) is 41.5 Å². The zero-order valence-electron chi connectivity index (χ0n) is 14.2. The summed E-state index contributed by atoms with van der Waals surface area (Å²) in [6.45, 7) is 4.10. The van der Waals surface area contributed by atoms with E-state index in [0.717, 1.165) is 27.3 Å². The highest BCUT2D eigenvalue weighted by Crippen LogP contribution is 2.22. The molecule has 5 nitrogen and oxygen atoms in total. The first-order valence-electron chi connectivity index (χ1n) is 7.45. The Morgan fingerprint density at radius 3 is 2.25 bits per heavy atom. The highest BCUT2D eigenvalue weighted by Gasteiger charge is 2.20. The Kier molecular flexibility index (Phi) is 5.29. The Morgan fingerprint density at radius 1 is 1.08 bits per heavy atom. The molecule has 24 heavy (non-hydrogen) atoms. The molecule has 0 heterocycles. The molecule has 0 spiro atoms. The molecule has 2 aromatic carbocycles. The maximum atomic E-state index is 12.4. The summed E-state index contributed by atoms with van der Waals surface area (Å²) in [5, 5.41) is 0. The van der Waals surface area contributed by atoms with Crippen LogP contribution in [-0.4, -0.2) is 27.7 Å². The van der Waals surface area contributed by atoms with Crippen molar-refractivity contribution in [3.05, 3.63) is 64.7 Å². The van der Waals surface area contributed by atoms with Gasteiger partial charge in [-0.05, 0) is 31.5 Å². The van der Waals surface area contributed by atoms with E-state index in [1.165, 1.54) is 7.05 Å². The van der Waals surface area contributed by atoms with E-state index in [9.17, 15) is 13.2 Å². The minimum absolute atomic E-state index is 0.137. The average Bonchev–Trinajstić information content (AvgIpc) is 2.50. The van der Waals surface area contributed by atoms with Gasteiger partial charge in [-0.2, -0.15) is 0 Å². The van der Waals surface area contributed by atoms with Crippen molar-refractivity contribution in [1.29, 1.82) is 0 Å². The van der Waals surface area contributed by atoms with Crippen LogP contribution >= 0.6 is 0 Å². The lowest BCUT2D eigenvalue weighted by Crippen LogP contribution is -2.26. The Hall–Kier alpha value is -2.34. The number of ether oxygens (including phenoxy) is 1. The Labute approximate surface area is 142 Å². The van der Waals surface area contributed by atoms with Gasteiger partial charge in [0.15, 0.2) is 0 Å². The van der Waals surface area contributed by atoms with Crippen molar-refractivity contribution in [3.8, 4) is 0 Å². The number of carbonyl (C=O) groups excluding carboxylic acids is 1. The number of para-hydroxylation sites is 1. The lowest BCUT2D eigenvalue weighted by Gasteiger charge is -2.19. The average molecular weight is 347 g/mol. The normalized spacial score (nSPS) is 11.2. The molecular weight excluding hydrogens is 326 g/mol. The fourth-order valence-corrected chi connectivity index (χ4v) is 2.99. The van der Waals surface area contributed by atoms with Gasteiger partial charge in [0, 0.05) is 7.05 Å². The van der Waals surface area contributed by atoms with E-state index in [0.29, 0.717) is 5.69 Å². The number of benzene rings is 2. The van der Waals surface area contributed by atoms with Crippen LogP contribution in [0.15, 0.2) is 42.5 Å². The Morgan fingerprint density at radius 2 is 1.67 bits per heavy atom. The summed E-state index contributed by atoms with van der Waals surface area (Å²) in [4.78, 5) is 12.4. The number of hydrogen-bond acceptors (Lipinski definition) is 4. The lowest BCUT2D eigenvalue weighted by atomic mass is 10.1. The number of nitrogens with zero attached hydrogens (tertiary/aromatic N) is 1. The van der Waals surface area contributed by atoms with Gasteiger partial charge in [0.2, 0.25) is 10.0 Å². The first-order chi connectivity index (χ1) is 11.2. The van der Waals surface area contributed by atoms with Gasteiger partial charge in [-0.15, -0.1) is 0 Å². The third-order valence-corrected chi connectivity index (χ3v) is 4.80. The maximum absolute atomic E-state index is 12.4. The zero-order valence-corrected chi connectivity index (χ0v) is 15.1. The third-order valence-electron chi connectivity index (χ3n) is 3.61. The summed E-state index contributed by atoms with van der Waals surface area (Å²) in [5.41, 5.74) is 3.60. The molecule has 0 bridgehead atoms. The molecule has 0 aliphatic carbocycles. The van der Waals surface area contributed by atoms with Gasteiger partial charge < -0.3 is 4.74 Å². The maximum Gasteiger partial charge on any atom is 0.340 e. The van der Waals surface area contributed by atoms with Crippen LogP contribution in [0.25, 0.3) is 0 Å². The van der Waals surface area contributed by atoms with Crippen LogP contribution < -0.4 is 4.31 Å². The molecule has 0 saturated carbocycles. The fourth-order valence-electron chi connectivity index (χ4n) is 2.48. The first-order valence-corrected chi connectivity index (χ1v) is 9.30. The second kappa shape index (κ2) is 7.05. The van der Waals surface area contributed by atoms with Gasteiger partial charge in [0.05, 0.1) is 17.5 Å². The third kappa shape index (κ3) is 4.35. The topological polar surface area (TPSA) is 63.7 Å². The van der Waals surface area contributed by atoms with Gasteiger partial charge in [-0.25, -0.2) is 13.2 Å². The molecule has 0 aliphatic rings. The van der Waals surface area contributed by atoms with Crippen LogP contribution in [-0.2, 0) is 21.4 Å². The van der Waals surface area contributed by atoms with Crippen molar-refractivity contribution in [2.45, 2.75) is 20.5 Å². The molecule has 0 amide bonds. The quantitative estimate of drug-likeness (QED) is 0.780. The molecular formula is C18H21NO4S. The van der Waals surface area contributed by atoms with Crippen molar-refractivity contribution in [2.24, 2.45) is 0 Å². The van der Waals surface area contributed by atoms with Crippen LogP contribution in [0.1, 0.15) is 27.0 Å². The van der Waals surface area contributed by atoms with E-state index in [-0.39, 0.29) is 12.2 Å². The van der Waals surface area contributed by atoms with Gasteiger partial charge >= 0.3 is 5.97 Å². The molecule has 2 aromatic rings. The van der Waals surface area contributed by atoms with Crippen molar-refractivity contribution in [3.63, 3.8) is 0 Å². The fraction of sp³-hybridized carbons (Fsp3) is 0.278. The minimum Gasteiger partial charge on any atom is -0.457 e. The number of carbonyl (C=O) groups is 1. The summed E-state index contributed by atoms with van der Waals surface area (Å²) < 4.78 is 29.9. The molecule has 0 aliphatic heterocycles. The smallest absolute Gasteiger partial charge is 0.340 e. The highest BCUT2D eigenvalue weighted by atomic mass is 32.2. The molecule has 128 valence electrons.